The van der Waals surface area contributed by atoms with E-state index in [0.29, 0.717) is 12.1 Å². The van der Waals surface area contributed by atoms with Gasteiger partial charge in [0.15, 0.2) is 0 Å². The van der Waals surface area contributed by atoms with E-state index >= 15 is 0 Å². The molecule has 2 heteroatoms. The number of hydrogen-bond donors (Lipinski definition) is 0. The Bertz CT molecular complexity index is 781. The summed E-state index contributed by atoms with van der Waals surface area (Å²) in [4.78, 5) is 14.9. The molecular weight excluding hydrogens is 282 g/mol. The summed E-state index contributed by atoms with van der Waals surface area (Å²) >= 11 is 0. The molecule has 3 aromatic carbocycles. The summed E-state index contributed by atoms with van der Waals surface area (Å²) in [6.45, 7) is 2.59. The molecule has 0 bridgehead atoms. The molecule has 0 aliphatic carbocycles. The Labute approximate surface area is 137 Å². The number of nitrogens with zero attached hydrogens (tertiary/aromatic N) is 1. The summed E-state index contributed by atoms with van der Waals surface area (Å²) in [6, 6.07) is 27.5. The van der Waals surface area contributed by atoms with Gasteiger partial charge in [-0.2, -0.15) is 0 Å². The number of benzene rings is 3. The number of para-hydroxylation sites is 1. The minimum atomic E-state index is 0.0174. The molecule has 0 heterocycles. The van der Waals surface area contributed by atoms with Crippen LogP contribution in [0.5, 0.6) is 0 Å². The van der Waals surface area contributed by atoms with Crippen LogP contribution >= 0.6 is 0 Å². The first kappa shape index (κ1) is 15.0. The van der Waals surface area contributed by atoms with Crippen molar-refractivity contribution in [3.8, 4) is 0 Å². The van der Waals surface area contributed by atoms with Crippen LogP contribution in [0, 0.1) is 6.92 Å². The van der Waals surface area contributed by atoms with Crippen molar-refractivity contribution >= 4 is 11.6 Å². The summed E-state index contributed by atoms with van der Waals surface area (Å²) in [5, 5.41) is 0. The van der Waals surface area contributed by atoms with Gasteiger partial charge in [0.2, 0.25) is 0 Å². The van der Waals surface area contributed by atoms with Gasteiger partial charge in [0.1, 0.15) is 0 Å². The zero-order valence-corrected chi connectivity index (χ0v) is 13.1. The minimum Gasteiger partial charge on any atom is -0.304 e. The Hall–Kier alpha value is -2.87. The number of aryl methyl sites for hydroxylation is 1. The summed E-state index contributed by atoms with van der Waals surface area (Å²) in [5.41, 5.74) is 3.85. The van der Waals surface area contributed by atoms with Crippen LogP contribution in [-0.2, 0) is 6.54 Å². The predicted molar refractivity (Wildman–Crippen MR) is 94.6 cm³/mol. The van der Waals surface area contributed by atoms with E-state index in [1.165, 1.54) is 0 Å². The van der Waals surface area contributed by atoms with Crippen molar-refractivity contribution in [1.82, 2.24) is 0 Å². The quantitative estimate of drug-likeness (QED) is 0.675. The first-order valence-electron chi connectivity index (χ1n) is 7.72. The Balaban J connectivity index is 2.00. The summed E-state index contributed by atoms with van der Waals surface area (Å²) < 4.78 is 0. The summed E-state index contributed by atoms with van der Waals surface area (Å²) in [7, 11) is 0. The lowest BCUT2D eigenvalue weighted by Gasteiger charge is -2.25. The van der Waals surface area contributed by atoms with Crippen LogP contribution in [0.25, 0.3) is 0 Å². The van der Waals surface area contributed by atoms with Crippen molar-refractivity contribution in [2.24, 2.45) is 0 Å². The molecule has 0 atom stereocenters. The first-order valence-corrected chi connectivity index (χ1v) is 7.72. The maximum absolute atomic E-state index is 13.0. The topological polar surface area (TPSA) is 20.3 Å². The zero-order valence-electron chi connectivity index (χ0n) is 13.1. The van der Waals surface area contributed by atoms with E-state index in [1.807, 2.05) is 96.8 Å². The Morgan fingerprint density at radius 1 is 0.783 bits per heavy atom. The second-order valence-electron chi connectivity index (χ2n) is 5.53. The molecule has 0 saturated heterocycles. The molecule has 0 aliphatic rings. The van der Waals surface area contributed by atoms with E-state index in [-0.39, 0.29) is 5.91 Å². The average molecular weight is 301 g/mol. The molecule has 0 fully saturated rings. The third kappa shape index (κ3) is 3.49. The van der Waals surface area contributed by atoms with Crippen molar-refractivity contribution in [2.75, 3.05) is 4.90 Å². The fourth-order valence-electron chi connectivity index (χ4n) is 2.64. The van der Waals surface area contributed by atoms with Gasteiger partial charge in [-0.3, -0.25) is 4.79 Å². The number of amides is 1. The van der Waals surface area contributed by atoms with E-state index in [1.54, 1.807) is 0 Å². The number of carbonyl (C=O) groups is 1. The number of hydrogen-bond acceptors (Lipinski definition) is 1. The van der Waals surface area contributed by atoms with Gasteiger partial charge in [-0.15, -0.1) is 0 Å². The standard InChI is InChI=1S/C21H19NO/c1-17-10-8-9-15-20(17)22(16-18-11-4-2-5-12-18)21(23)19-13-6-3-7-14-19/h2-15H,16H2,1H3. The van der Waals surface area contributed by atoms with Crippen molar-refractivity contribution in [3.05, 3.63) is 102 Å². The van der Waals surface area contributed by atoms with E-state index in [4.69, 9.17) is 0 Å². The van der Waals surface area contributed by atoms with E-state index in [0.717, 1.165) is 16.8 Å². The highest BCUT2D eigenvalue weighted by Gasteiger charge is 2.19. The Kier molecular flexibility index (Phi) is 4.53. The molecule has 0 N–H and O–H groups in total. The van der Waals surface area contributed by atoms with Crippen molar-refractivity contribution in [3.63, 3.8) is 0 Å². The van der Waals surface area contributed by atoms with Crippen LogP contribution in [0.3, 0.4) is 0 Å². The molecule has 0 aromatic heterocycles. The molecule has 0 saturated carbocycles. The van der Waals surface area contributed by atoms with E-state index in [9.17, 15) is 4.79 Å². The van der Waals surface area contributed by atoms with Crippen LogP contribution in [0.2, 0.25) is 0 Å². The molecule has 0 aliphatic heterocycles. The van der Waals surface area contributed by atoms with E-state index < -0.39 is 0 Å². The molecule has 23 heavy (non-hydrogen) atoms. The Morgan fingerprint density at radius 3 is 2.00 bits per heavy atom. The third-order valence-electron chi connectivity index (χ3n) is 3.86. The van der Waals surface area contributed by atoms with Crippen LogP contribution in [0.1, 0.15) is 21.5 Å². The maximum Gasteiger partial charge on any atom is 0.258 e. The van der Waals surface area contributed by atoms with Crippen molar-refractivity contribution in [1.29, 1.82) is 0 Å². The second kappa shape index (κ2) is 6.93. The van der Waals surface area contributed by atoms with Crippen LogP contribution in [-0.4, -0.2) is 5.91 Å². The Morgan fingerprint density at radius 2 is 1.35 bits per heavy atom. The van der Waals surface area contributed by atoms with Gasteiger partial charge in [-0.1, -0.05) is 66.7 Å². The van der Waals surface area contributed by atoms with Gasteiger partial charge in [0, 0.05) is 11.3 Å². The van der Waals surface area contributed by atoms with Crippen LogP contribution < -0.4 is 4.90 Å². The average Bonchev–Trinajstić information content (AvgIpc) is 2.61. The highest BCUT2D eigenvalue weighted by Crippen LogP contribution is 2.24. The fourth-order valence-corrected chi connectivity index (χ4v) is 2.64. The predicted octanol–water partition coefficient (Wildman–Crippen LogP) is 4.84. The minimum absolute atomic E-state index is 0.0174. The molecule has 2 nitrogen and oxygen atoms in total. The molecule has 3 aromatic rings. The lowest BCUT2D eigenvalue weighted by atomic mass is 10.1. The van der Waals surface area contributed by atoms with Gasteiger partial charge < -0.3 is 4.90 Å². The van der Waals surface area contributed by atoms with Gasteiger partial charge in [-0.05, 0) is 36.2 Å². The molecule has 0 unspecified atom stereocenters. The lowest BCUT2D eigenvalue weighted by Crippen LogP contribution is -2.31. The third-order valence-corrected chi connectivity index (χ3v) is 3.86. The second-order valence-corrected chi connectivity index (χ2v) is 5.53. The van der Waals surface area contributed by atoms with Gasteiger partial charge in [0.25, 0.3) is 5.91 Å². The summed E-state index contributed by atoms with van der Waals surface area (Å²) in [6.07, 6.45) is 0. The van der Waals surface area contributed by atoms with Crippen molar-refractivity contribution < 1.29 is 4.79 Å². The SMILES string of the molecule is Cc1ccccc1N(Cc1ccccc1)C(=O)c1ccccc1. The molecule has 0 spiro atoms. The summed E-state index contributed by atoms with van der Waals surface area (Å²) in [5.74, 6) is 0.0174. The number of carbonyl (C=O) groups excluding carboxylic acids is 1. The maximum atomic E-state index is 13.0. The van der Waals surface area contributed by atoms with Crippen molar-refractivity contribution in [2.45, 2.75) is 13.5 Å². The van der Waals surface area contributed by atoms with Gasteiger partial charge >= 0.3 is 0 Å². The van der Waals surface area contributed by atoms with Gasteiger partial charge in [-0.25, -0.2) is 0 Å². The fraction of sp³-hybridized carbons (Fsp3) is 0.0952. The molecule has 1 amide bonds. The van der Waals surface area contributed by atoms with Crippen LogP contribution in [0.15, 0.2) is 84.9 Å². The lowest BCUT2D eigenvalue weighted by molar-refractivity contribution is 0.0985. The van der Waals surface area contributed by atoms with Gasteiger partial charge in [0.05, 0.1) is 6.54 Å². The first-order chi connectivity index (χ1) is 11.3. The largest absolute Gasteiger partial charge is 0.304 e. The highest BCUT2D eigenvalue weighted by atomic mass is 16.2. The van der Waals surface area contributed by atoms with E-state index in [2.05, 4.69) is 0 Å². The molecule has 114 valence electrons. The smallest absolute Gasteiger partial charge is 0.258 e. The molecular formula is C21H19NO. The highest BCUT2D eigenvalue weighted by molar-refractivity contribution is 6.06. The zero-order chi connectivity index (χ0) is 16.1. The molecule has 3 rings (SSSR count). The molecule has 0 radical (unpaired) electrons. The normalized spacial score (nSPS) is 10.3. The van der Waals surface area contributed by atoms with Crippen LogP contribution in [0.4, 0.5) is 5.69 Å². The monoisotopic (exact) mass is 301 g/mol. The number of rotatable bonds is 4. The number of anilines is 1.